The fourth-order valence-electron chi connectivity index (χ4n) is 18.3. The van der Waals surface area contributed by atoms with Gasteiger partial charge in [-0.25, -0.2) is 9.97 Å². The molecule has 18 aromatic rings. The molecule has 5 heterocycles. The van der Waals surface area contributed by atoms with Gasteiger partial charge >= 0.3 is 40.5 Å². The van der Waals surface area contributed by atoms with Crippen molar-refractivity contribution < 1.29 is 61.4 Å². The predicted octanol–water partition coefficient (Wildman–Crippen LogP) is 27.8. The minimum atomic E-state index is -7.41. The molecule has 0 spiro atoms. The maximum atomic E-state index is 14.4. The predicted molar refractivity (Wildman–Crippen MR) is 504 cm³/mol. The molecule has 650 valence electrons. The zero-order chi connectivity index (χ0) is 91.6. The molecular weight excluding hydrogens is 1700 g/mol. The molecule has 9 nitrogen and oxygen atoms in total. The van der Waals surface area contributed by atoms with Gasteiger partial charge in [0, 0.05) is 23.2 Å². The fraction of sp³-hybridized carbons (Fsp3) is 0.107. The summed E-state index contributed by atoms with van der Waals surface area (Å²) in [5.74, 6) is -15.9. The number of para-hydroxylation sites is 2. The number of aromatic nitrogens is 4. The molecule has 20 heteroatoms. The molecule has 21 rings (SSSR count). The molecule has 132 heavy (non-hydrogen) atoms. The zero-order valence-electron chi connectivity index (χ0n) is 71.5. The quantitative estimate of drug-likeness (QED) is 0.0499. The number of fused-ring (bicyclic) bond motifs is 8. The van der Waals surface area contributed by atoms with E-state index in [1.165, 1.54) is 61.7 Å². The van der Waals surface area contributed by atoms with Crippen molar-refractivity contribution in [2.45, 2.75) is 73.0 Å². The standard InChI is InChI=1S/C51H34N2.C35H21F9O3S.C26H25BN2O2/c1-3-16-40(17-4-1)51(41-18-5-2-6-19-41)46-22-9-7-20-42(46)43-30-29-39(33-47(43)51)38-15-13-14-37(32-38)35-25-27-36(28-26-35)45-34-50(49-24-11-12-31-52-49)53-48-23-10-8-21-44(45)48;36-32(37,34(40,41)42)33(38,39)35(43,44)48(45,46)47-26-15-9-10-22(20-26)23-18-19-28-27-16-7-8-17-29(27)31(30(28)21-23,24-11-3-1-4-12-24)25-13-5-2-6-14-25;1-25(2)26(3,4)31-27(30-25)19-14-12-18(13-15-19)21-17-24(23-11-7-8-16-28-23)29-22-10-6-5-9-20(21)22/h1-34H;1-21H;5-17H,1-4H3. The first-order valence-corrected chi connectivity index (χ1v) is 44.2. The Bertz CT molecular complexity index is 7380. The summed E-state index contributed by atoms with van der Waals surface area (Å²) in [6, 6.07) is 133. The van der Waals surface area contributed by atoms with Crippen LogP contribution in [0.2, 0.25) is 0 Å². The summed E-state index contributed by atoms with van der Waals surface area (Å²) in [5, 5.41) is -4.74. The van der Waals surface area contributed by atoms with Crippen LogP contribution in [0.3, 0.4) is 0 Å². The second-order valence-electron chi connectivity index (χ2n) is 33.7. The Morgan fingerprint density at radius 2 is 0.644 bits per heavy atom. The largest absolute Gasteiger partial charge is 0.494 e. The first-order chi connectivity index (χ1) is 63.6. The molecule has 0 bridgehead atoms. The second-order valence-corrected chi connectivity index (χ2v) is 35.3. The van der Waals surface area contributed by atoms with Gasteiger partial charge in [0.1, 0.15) is 5.75 Å². The first kappa shape index (κ1) is 86.7. The van der Waals surface area contributed by atoms with Crippen LogP contribution >= 0.6 is 0 Å². The Labute approximate surface area is 757 Å². The number of halogens is 9. The Morgan fingerprint density at radius 3 is 1.07 bits per heavy atom. The van der Waals surface area contributed by atoms with E-state index in [-0.39, 0.29) is 23.9 Å². The number of rotatable bonds is 17. The average Bonchev–Trinajstić information content (AvgIpc) is 1.55. The van der Waals surface area contributed by atoms with Gasteiger partial charge in [0.15, 0.2) is 0 Å². The van der Waals surface area contributed by atoms with E-state index in [1.54, 1.807) is 24.4 Å². The molecular formula is C112H80BF9N4O5S. The molecule has 4 aromatic heterocycles. The van der Waals surface area contributed by atoms with Crippen molar-refractivity contribution in [3.8, 4) is 106 Å². The first-order valence-electron chi connectivity index (χ1n) is 42.8. The van der Waals surface area contributed by atoms with Crippen molar-refractivity contribution >= 4 is 44.5 Å². The molecule has 0 saturated carbocycles. The number of alkyl halides is 9. The van der Waals surface area contributed by atoms with Crippen LogP contribution in [0.15, 0.2) is 413 Å². The van der Waals surface area contributed by atoms with Crippen molar-refractivity contribution in [2.75, 3.05) is 0 Å². The van der Waals surface area contributed by atoms with E-state index in [9.17, 15) is 47.9 Å². The fourth-order valence-corrected chi connectivity index (χ4v) is 19.2. The van der Waals surface area contributed by atoms with Crippen LogP contribution in [0.5, 0.6) is 5.75 Å². The van der Waals surface area contributed by atoms with Crippen LogP contribution in [0.4, 0.5) is 39.5 Å². The Kier molecular flexibility index (Phi) is 22.3. The number of pyridine rings is 4. The number of benzene rings is 14. The van der Waals surface area contributed by atoms with Gasteiger partial charge in [-0.3, -0.25) is 9.97 Å². The third kappa shape index (κ3) is 15.2. The third-order valence-corrected chi connectivity index (χ3v) is 26.8. The summed E-state index contributed by atoms with van der Waals surface area (Å²) in [4.78, 5) is 18.9. The van der Waals surface area contributed by atoms with Gasteiger partial charge in [-0.1, -0.05) is 322 Å². The summed E-state index contributed by atoms with van der Waals surface area (Å²) in [7, 11) is -7.48. The number of nitrogens with zero attached hydrogens (tertiary/aromatic N) is 4. The molecule has 0 unspecified atom stereocenters. The molecule has 1 fully saturated rings. The molecule has 1 saturated heterocycles. The highest BCUT2D eigenvalue weighted by Gasteiger charge is 2.86. The van der Waals surface area contributed by atoms with Crippen LogP contribution in [-0.2, 0) is 30.3 Å². The summed E-state index contributed by atoms with van der Waals surface area (Å²) in [5.41, 5.74) is 27.4. The van der Waals surface area contributed by atoms with E-state index >= 15 is 0 Å². The van der Waals surface area contributed by atoms with Crippen molar-refractivity contribution in [1.82, 2.24) is 19.9 Å². The highest BCUT2D eigenvalue weighted by molar-refractivity contribution is 7.88. The van der Waals surface area contributed by atoms with Gasteiger partial charge in [0.2, 0.25) is 0 Å². The molecule has 0 amide bonds. The lowest BCUT2D eigenvalue weighted by Gasteiger charge is -2.34. The Morgan fingerprint density at radius 1 is 0.295 bits per heavy atom. The van der Waals surface area contributed by atoms with Gasteiger partial charge in [0.05, 0.1) is 55.8 Å². The summed E-state index contributed by atoms with van der Waals surface area (Å²) in [6.45, 7) is 8.29. The molecule has 0 N–H and O–H groups in total. The van der Waals surface area contributed by atoms with Gasteiger partial charge in [-0.15, -0.1) is 0 Å². The minimum Gasteiger partial charge on any atom is -0.399 e. The topological polar surface area (TPSA) is 113 Å². The van der Waals surface area contributed by atoms with Gasteiger partial charge in [-0.05, 0) is 234 Å². The van der Waals surface area contributed by atoms with E-state index in [2.05, 4.69) is 254 Å². The minimum absolute atomic E-state index is 0.132. The van der Waals surface area contributed by atoms with E-state index in [4.69, 9.17) is 19.3 Å². The normalized spacial score (nSPS) is 14.5. The third-order valence-electron chi connectivity index (χ3n) is 25.5. The monoisotopic (exact) mass is 1770 g/mol. The second kappa shape index (κ2) is 34.0. The molecule has 0 atom stereocenters. The number of hydrogen-bond acceptors (Lipinski definition) is 9. The SMILES string of the molecule is CC1(C)OB(c2ccc(-c3cc(-c4ccccn4)nc4ccccc34)cc2)OC1(C)C.O=S(=O)(Oc1cccc(-c2ccc3c(c2)C(c2ccccc2)(c2ccccc2)c2ccccc2-3)c1)C(F)(F)C(F)(F)C(F)(F)C(F)(F)F.c1ccc(C2(c3ccccc3)c3ccccc3-c3ccc(-c4cccc(-c5ccc(-c6cc(-c7ccccn7)nc7ccccc67)cc5)c4)cc32)cc1. The van der Waals surface area contributed by atoms with Crippen LogP contribution in [0.25, 0.3) is 122 Å². The lowest BCUT2D eigenvalue weighted by Crippen LogP contribution is -2.63. The van der Waals surface area contributed by atoms with E-state index < -0.39 is 50.0 Å². The van der Waals surface area contributed by atoms with Crippen LogP contribution in [0, 0.1) is 0 Å². The summed E-state index contributed by atoms with van der Waals surface area (Å²) >= 11 is 0. The lowest BCUT2D eigenvalue weighted by molar-refractivity contribution is -0.382. The van der Waals surface area contributed by atoms with Crippen LogP contribution in [0.1, 0.15) is 72.2 Å². The Hall–Kier alpha value is -14.7. The maximum absolute atomic E-state index is 14.4. The lowest BCUT2D eigenvalue weighted by atomic mass is 9.67. The molecule has 3 aliphatic rings. The summed E-state index contributed by atoms with van der Waals surface area (Å²) < 4.78 is 162. The molecule has 1 aliphatic heterocycles. The van der Waals surface area contributed by atoms with Crippen molar-refractivity contribution in [3.05, 3.63) is 457 Å². The number of hydrogen-bond donors (Lipinski definition) is 0. The zero-order valence-corrected chi connectivity index (χ0v) is 72.3. The van der Waals surface area contributed by atoms with Gasteiger partial charge in [-0.2, -0.15) is 47.9 Å². The highest BCUT2D eigenvalue weighted by Crippen LogP contribution is 2.60. The summed E-state index contributed by atoms with van der Waals surface area (Å²) in [6.07, 6.45) is -3.58. The highest BCUT2D eigenvalue weighted by atomic mass is 32.2. The maximum Gasteiger partial charge on any atom is 0.494 e. The van der Waals surface area contributed by atoms with E-state index in [0.717, 1.165) is 124 Å². The van der Waals surface area contributed by atoms with E-state index in [1.807, 2.05) is 152 Å². The molecule has 0 radical (unpaired) electrons. The van der Waals surface area contributed by atoms with Crippen molar-refractivity contribution in [3.63, 3.8) is 0 Å². The van der Waals surface area contributed by atoms with Crippen molar-refractivity contribution in [1.29, 1.82) is 0 Å². The van der Waals surface area contributed by atoms with Gasteiger partial charge in [0.25, 0.3) is 0 Å². The Balaban J connectivity index is 0.000000132. The van der Waals surface area contributed by atoms with E-state index in [0.29, 0.717) is 5.56 Å². The van der Waals surface area contributed by atoms with Crippen LogP contribution < -0.4 is 9.65 Å². The smallest absolute Gasteiger partial charge is 0.399 e. The van der Waals surface area contributed by atoms with Gasteiger partial charge < -0.3 is 13.5 Å². The molecule has 2 aliphatic carbocycles. The average molecular weight is 1780 g/mol. The van der Waals surface area contributed by atoms with Crippen LogP contribution in [-0.4, -0.2) is 70.0 Å². The van der Waals surface area contributed by atoms with Crippen molar-refractivity contribution in [2.24, 2.45) is 0 Å². The molecule has 14 aromatic carbocycles.